The summed E-state index contributed by atoms with van der Waals surface area (Å²) in [6.45, 7) is 1.17. The second-order valence-corrected chi connectivity index (χ2v) is 10.5. The lowest BCUT2D eigenvalue weighted by Crippen LogP contribution is -2.59. The number of aromatic amines is 1. The summed E-state index contributed by atoms with van der Waals surface area (Å²) in [6, 6.07) is 11.2. The van der Waals surface area contributed by atoms with Crippen molar-refractivity contribution in [3.05, 3.63) is 82.9 Å². The molecule has 3 aliphatic rings. The number of ketones is 1. The van der Waals surface area contributed by atoms with Gasteiger partial charge >= 0.3 is 0 Å². The number of fused-ring (bicyclic) bond motifs is 1. The van der Waals surface area contributed by atoms with Gasteiger partial charge in [-0.2, -0.15) is 5.10 Å². The molecule has 1 saturated carbocycles. The number of aromatic nitrogens is 4. The number of nitrogens with one attached hydrogen (secondary N) is 3. The molecule has 1 saturated heterocycles. The molecule has 13 heteroatoms. The van der Waals surface area contributed by atoms with Crippen LogP contribution in [0.25, 0.3) is 22.0 Å². The normalized spacial score (nSPS) is 17.4. The fourth-order valence-electron chi connectivity index (χ4n) is 5.71. The summed E-state index contributed by atoms with van der Waals surface area (Å²) >= 11 is 0. The minimum absolute atomic E-state index is 0.0147. The quantitative estimate of drug-likeness (QED) is 0.249. The smallest absolute Gasteiger partial charge is 0.295 e. The number of anilines is 2. The Morgan fingerprint density at radius 1 is 1.10 bits per heavy atom. The standard InChI is InChI=1S/C28H26FN9O3/c1-35-21(39)13-18(17-5-3-2-4-6-17)25(33-35)36-11-12-37(28(16-36)7-8-28)27(41)24(40)19-14-30-23-22(19)20(29)15-31-26(23)38-10-9-32-34-38/h2-6,9-10,13-15,30,32,34H,7-8,11-12,16H2,1H3. The first-order valence-electron chi connectivity index (χ1n) is 13.2. The molecule has 0 atom stereocenters. The average molecular weight is 556 g/mol. The number of H-pyrrole nitrogens is 1. The monoisotopic (exact) mass is 555 g/mol. The Labute approximate surface area is 233 Å². The summed E-state index contributed by atoms with van der Waals surface area (Å²) in [7, 11) is 1.61. The van der Waals surface area contributed by atoms with Gasteiger partial charge in [-0.15, -0.1) is 5.53 Å². The van der Waals surface area contributed by atoms with Crippen molar-refractivity contribution >= 4 is 34.2 Å². The van der Waals surface area contributed by atoms with E-state index < -0.39 is 23.0 Å². The predicted molar refractivity (Wildman–Crippen MR) is 149 cm³/mol. The molecule has 4 aromatic rings. The van der Waals surface area contributed by atoms with Gasteiger partial charge in [0, 0.05) is 56.9 Å². The van der Waals surface area contributed by atoms with Crippen LogP contribution in [0.3, 0.4) is 0 Å². The molecule has 1 aromatic carbocycles. The zero-order valence-corrected chi connectivity index (χ0v) is 22.1. The van der Waals surface area contributed by atoms with E-state index in [1.54, 1.807) is 30.4 Å². The van der Waals surface area contributed by atoms with Gasteiger partial charge in [0.05, 0.1) is 28.2 Å². The maximum atomic E-state index is 15.0. The summed E-state index contributed by atoms with van der Waals surface area (Å²) in [5.41, 5.74) is 6.71. The second kappa shape index (κ2) is 9.27. The molecular weight excluding hydrogens is 529 g/mol. The summed E-state index contributed by atoms with van der Waals surface area (Å²) in [6.07, 6.45) is 7.15. The molecule has 0 bridgehead atoms. The van der Waals surface area contributed by atoms with Gasteiger partial charge < -0.3 is 20.2 Å². The predicted octanol–water partition coefficient (Wildman–Crippen LogP) is 1.83. The molecule has 1 spiro atoms. The minimum Gasteiger partial charge on any atom is -0.357 e. The van der Waals surface area contributed by atoms with Crippen LogP contribution >= 0.6 is 0 Å². The SMILES string of the molecule is Cn1nc(N2CCN(C(=O)C(=O)c3c[nH]c4c(N5C=CNN5)ncc(F)c34)C3(CC3)C2)c(-c2ccccc2)cc1=O. The van der Waals surface area contributed by atoms with Gasteiger partial charge in [-0.25, -0.2) is 19.1 Å². The van der Waals surface area contributed by atoms with E-state index in [0.717, 1.165) is 30.2 Å². The molecule has 12 nitrogen and oxygen atoms in total. The van der Waals surface area contributed by atoms with Crippen molar-refractivity contribution in [1.29, 1.82) is 0 Å². The third kappa shape index (κ3) is 4.04. The van der Waals surface area contributed by atoms with Crippen LogP contribution in [0.2, 0.25) is 0 Å². The Morgan fingerprint density at radius 3 is 2.63 bits per heavy atom. The minimum atomic E-state index is -0.778. The molecule has 1 amide bonds. The van der Waals surface area contributed by atoms with Crippen molar-refractivity contribution in [2.45, 2.75) is 18.4 Å². The van der Waals surface area contributed by atoms with Gasteiger partial charge in [0.25, 0.3) is 17.2 Å². The maximum absolute atomic E-state index is 15.0. The number of carbonyl (C=O) groups excluding carboxylic acids is 2. The van der Waals surface area contributed by atoms with Crippen molar-refractivity contribution in [2.75, 3.05) is 29.5 Å². The maximum Gasteiger partial charge on any atom is 0.295 e. The fraction of sp³-hybridized carbons (Fsp3) is 0.250. The summed E-state index contributed by atoms with van der Waals surface area (Å²) in [5.74, 6) is -1.14. The summed E-state index contributed by atoms with van der Waals surface area (Å²) in [4.78, 5) is 50.5. The second-order valence-electron chi connectivity index (χ2n) is 10.5. The molecule has 2 aliphatic heterocycles. The van der Waals surface area contributed by atoms with E-state index in [9.17, 15) is 18.8 Å². The molecule has 41 heavy (non-hydrogen) atoms. The summed E-state index contributed by atoms with van der Waals surface area (Å²) in [5, 5.41) is 6.13. The van der Waals surface area contributed by atoms with Crippen LogP contribution in [0, 0.1) is 5.82 Å². The lowest BCUT2D eigenvalue weighted by atomic mass is 10.0. The molecule has 2 fully saturated rings. The van der Waals surface area contributed by atoms with E-state index in [1.807, 2.05) is 30.3 Å². The molecule has 0 radical (unpaired) electrons. The Balaban J connectivity index is 1.18. The number of halogens is 1. The van der Waals surface area contributed by atoms with Gasteiger partial charge in [-0.1, -0.05) is 30.3 Å². The summed E-state index contributed by atoms with van der Waals surface area (Å²) < 4.78 is 16.3. The third-order valence-corrected chi connectivity index (χ3v) is 7.98. The number of pyridine rings is 1. The molecule has 0 unspecified atom stereocenters. The first-order valence-corrected chi connectivity index (χ1v) is 13.2. The number of rotatable bonds is 5. The first-order chi connectivity index (χ1) is 19.9. The van der Waals surface area contributed by atoms with E-state index in [-0.39, 0.29) is 23.1 Å². The number of hydrogen-bond donors (Lipinski definition) is 3. The van der Waals surface area contributed by atoms with Gasteiger partial charge in [0.1, 0.15) is 0 Å². The van der Waals surface area contributed by atoms with E-state index >= 15 is 0 Å². The van der Waals surface area contributed by atoms with Crippen LogP contribution in [0.5, 0.6) is 0 Å². The molecule has 5 heterocycles. The highest BCUT2D eigenvalue weighted by molar-refractivity contribution is 6.45. The Kier molecular flexibility index (Phi) is 5.64. The number of amides is 1. The number of Topliss-reactive ketones (excluding diaryl/α,β-unsaturated/α-hetero) is 1. The number of carbonyl (C=O) groups is 2. The zero-order valence-electron chi connectivity index (χ0n) is 22.1. The number of hydrazine groups is 2. The van der Waals surface area contributed by atoms with Crippen LogP contribution in [0.15, 0.2) is 66.0 Å². The van der Waals surface area contributed by atoms with Gasteiger partial charge in [0.2, 0.25) is 0 Å². The molecule has 1 aliphatic carbocycles. The van der Waals surface area contributed by atoms with Crippen LogP contribution in [-0.2, 0) is 11.8 Å². The van der Waals surface area contributed by atoms with Crippen LogP contribution in [0.4, 0.5) is 16.0 Å². The Bertz CT molecular complexity index is 1790. The van der Waals surface area contributed by atoms with E-state index in [2.05, 4.69) is 30.9 Å². The average Bonchev–Trinajstić information content (AvgIpc) is 3.36. The molecule has 3 N–H and O–H groups in total. The highest BCUT2D eigenvalue weighted by atomic mass is 19.1. The number of hydrogen-bond acceptors (Lipinski definition) is 9. The highest BCUT2D eigenvalue weighted by Gasteiger charge is 2.54. The van der Waals surface area contributed by atoms with Crippen LogP contribution < -0.4 is 26.4 Å². The Hall–Kier alpha value is -5.04. The van der Waals surface area contributed by atoms with E-state index in [1.165, 1.54) is 15.9 Å². The first kappa shape index (κ1) is 25.0. The lowest BCUT2D eigenvalue weighted by Gasteiger charge is -2.42. The van der Waals surface area contributed by atoms with Crippen molar-refractivity contribution in [3.63, 3.8) is 0 Å². The van der Waals surface area contributed by atoms with Crippen molar-refractivity contribution in [1.82, 2.24) is 35.6 Å². The van der Waals surface area contributed by atoms with Crippen molar-refractivity contribution in [3.8, 4) is 11.1 Å². The van der Waals surface area contributed by atoms with Crippen LogP contribution in [-0.4, -0.2) is 61.5 Å². The van der Waals surface area contributed by atoms with Gasteiger partial charge in [-0.05, 0) is 18.4 Å². The lowest BCUT2D eigenvalue weighted by molar-refractivity contribution is -0.130. The zero-order chi connectivity index (χ0) is 28.3. The van der Waals surface area contributed by atoms with E-state index in [0.29, 0.717) is 30.2 Å². The molecular formula is C28H26FN9O3. The Morgan fingerprint density at radius 2 is 1.90 bits per heavy atom. The van der Waals surface area contributed by atoms with Crippen molar-refractivity contribution < 1.29 is 14.0 Å². The topological polar surface area (TPSA) is 131 Å². The van der Waals surface area contributed by atoms with E-state index in [4.69, 9.17) is 0 Å². The molecule has 208 valence electrons. The highest BCUT2D eigenvalue weighted by Crippen LogP contribution is 2.46. The molecule has 3 aromatic heterocycles. The van der Waals surface area contributed by atoms with Gasteiger partial charge in [-0.3, -0.25) is 14.4 Å². The molecule has 7 rings (SSSR count). The van der Waals surface area contributed by atoms with Crippen molar-refractivity contribution in [2.24, 2.45) is 7.05 Å². The number of nitrogens with zero attached hydrogens (tertiary/aromatic N) is 6. The number of aryl methyl sites for hydroxylation is 1. The van der Waals surface area contributed by atoms with Crippen LogP contribution in [0.1, 0.15) is 23.2 Å². The van der Waals surface area contributed by atoms with Gasteiger partial charge in [0.15, 0.2) is 17.5 Å². The third-order valence-electron chi connectivity index (χ3n) is 7.98. The number of benzene rings is 1. The number of piperazine rings is 1. The largest absolute Gasteiger partial charge is 0.357 e. The fourth-order valence-corrected chi connectivity index (χ4v) is 5.71.